The van der Waals surface area contributed by atoms with Crippen LogP contribution in [0.4, 0.5) is 5.88 Å². The number of aromatic hydroxyl groups is 1. The fourth-order valence-electron chi connectivity index (χ4n) is 2.10. The van der Waals surface area contributed by atoms with E-state index in [-0.39, 0.29) is 17.2 Å². The van der Waals surface area contributed by atoms with Crippen molar-refractivity contribution in [1.82, 2.24) is 0 Å². The van der Waals surface area contributed by atoms with E-state index in [2.05, 4.69) is 0 Å². The number of para-hydroxylation sites is 1. The van der Waals surface area contributed by atoms with Gasteiger partial charge in [-0.1, -0.05) is 36.4 Å². The molecule has 1 aromatic heterocycles. The van der Waals surface area contributed by atoms with E-state index in [4.69, 9.17) is 4.42 Å². The van der Waals surface area contributed by atoms with E-state index in [1.54, 1.807) is 36.4 Å². The fourth-order valence-corrected chi connectivity index (χ4v) is 2.10. The molecule has 3 rings (SSSR count). The zero-order valence-electron chi connectivity index (χ0n) is 9.74. The molecule has 5 nitrogen and oxygen atoms in total. The van der Waals surface area contributed by atoms with Crippen LogP contribution in [0, 0.1) is 10.1 Å². The monoisotopic (exact) mass is 255 g/mol. The molecule has 0 amide bonds. The summed E-state index contributed by atoms with van der Waals surface area (Å²) in [5, 5.41) is 21.4. The van der Waals surface area contributed by atoms with E-state index in [0.29, 0.717) is 16.5 Å². The molecule has 0 unspecified atom stereocenters. The molecule has 5 heteroatoms. The van der Waals surface area contributed by atoms with E-state index in [1.165, 1.54) is 6.07 Å². The molecule has 0 aliphatic heterocycles. The molecule has 94 valence electrons. The SMILES string of the molecule is O=[N+]([O-])c1oc2c(O)cccc2c1-c1ccccc1. The van der Waals surface area contributed by atoms with E-state index in [9.17, 15) is 15.2 Å². The maximum Gasteiger partial charge on any atom is 0.442 e. The fraction of sp³-hybridized carbons (Fsp3) is 0. The Kier molecular flexibility index (Phi) is 2.45. The summed E-state index contributed by atoms with van der Waals surface area (Å²) in [5.74, 6) is -0.467. The van der Waals surface area contributed by atoms with Crippen molar-refractivity contribution in [2.75, 3.05) is 0 Å². The average Bonchev–Trinajstić information content (AvgIpc) is 2.81. The Labute approximate surface area is 107 Å². The summed E-state index contributed by atoms with van der Waals surface area (Å²) in [5.41, 5.74) is 1.20. The third-order valence-corrected chi connectivity index (χ3v) is 2.90. The molecule has 0 radical (unpaired) electrons. The number of phenolic OH excluding ortho intramolecular Hbond substituents is 1. The number of nitro groups is 1. The van der Waals surface area contributed by atoms with Crippen molar-refractivity contribution in [1.29, 1.82) is 0 Å². The highest BCUT2D eigenvalue weighted by Gasteiger charge is 2.26. The van der Waals surface area contributed by atoms with Gasteiger partial charge in [0.15, 0.2) is 11.3 Å². The van der Waals surface area contributed by atoms with Gasteiger partial charge < -0.3 is 9.52 Å². The lowest BCUT2D eigenvalue weighted by molar-refractivity contribution is -0.400. The van der Waals surface area contributed by atoms with Gasteiger partial charge in [0, 0.05) is 5.39 Å². The smallest absolute Gasteiger partial charge is 0.442 e. The van der Waals surface area contributed by atoms with Crippen molar-refractivity contribution in [3.63, 3.8) is 0 Å². The molecule has 0 saturated carbocycles. The summed E-state index contributed by atoms with van der Waals surface area (Å²) >= 11 is 0. The van der Waals surface area contributed by atoms with Crippen LogP contribution in [0.1, 0.15) is 0 Å². The number of benzene rings is 2. The van der Waals surface area contributed by atoms with Gasteiger partial charge in [0.25, 0.3) is 0 Å². The molecule has 0 bridgehead atoms. The highest BCUT2D eigenvalue weighted by atomic mass is 16.6. The minimum Gasteiger partial charge on any atom is -0.504 e. The van der Waals surface area contributed by atoms with Crippen LogP contribution in [0.2, 0.25) is 0 Å². The third-order valence-electron chi connectivity index (χ3n) is 2.90. The van der Waals surface area contributed by atoms with Crippen molar-refractivity contribution in [2.24, 2.45) is 0 Å². The first-order valence-corrected chi connectivity index (χ1v) is 5.63. The summed E-state index contributed by atoms with van der Waals surface area (Å²) < 4.78 is 5.20. The third kappa shape index (κ3) is 1.72. The molecule has 0 aliphatic rings. The van der Waals surface area contributed by atoms with Crippen molar-refractivity contribution in [2.45, 2.75) is 0 Å². The highest BCUT2D eigenvalue weighted by molar-refractivity contribution is 6.00. The number of phenols is 1. The Hall–Kier alpha value is -2.82. The summed E-state index contributed by atoms with van der Waals surface area (Å²) in [6.07, 6.45) is 0. The number of rotatable bonds is 2. The van der Waals surface area contributed by atoms with Gasteiger partial charge in [-0.25, -0.2) is 0 Å². The molecule has 3 aromatic rings. The van der Waals surface area contributed by atoms with Crippen LogP contribution < -0.4 is 0 Å². The first-order valence-electron chi connectivity index (χ1n) is 5.63. The standard InChI is InChI=1S/C14H9NO4/c16-11-8-4-7-10-12(9-5-2-1-3-6-9)14(15(17)18)19-13(10)11/h1-8,16H. The topological polar surface area (TPSA) is 76.5 Å². The molecule has 1 heterocycles. The Morgan fingerprint density at radius 3 is 2.47 bits per heavy atom. The Balaban J connectivity index is 2.42. The molecular formula is C14H9NO4. The summed E-state index contributed by atoms with van der Waals surface area (Å²) in [4.78, 5) is 10.5. The zero-order chi connectivity index (χ0) is 13.4. The highest BCUT2D eigenvalue weighted by Crippen LogP contribution is 2.42. The molecule has 0 saturated heterocycles. The van der Waals surface area contributed by atoms with E-state index >= 15 is 0 Å². The van der Waals surface area contributed by atoms with Gasteiger partial charge in [-0.15, -0.1) is 0 Å². The van der Waals surface area contributed by atoms with Gasteiger partial charge in [-0.05, 0) is 17.7 Å². The minimum atomic E-state index is -0.582. The maximum atomic E-state index is 11.1. The van der Waals surface area contributed by atoms with E-state index < -0.39 is 4.92 Å². The number of furan rings is 1. The van der Waals surface area contributed by atoms with E-state index in [1.807, 2.05) is 6.07 Å². The Morgan fingerprint density at radius 2 is 1.79 bits per heavy atom. The second-order valence-electron chi connectivity index (χ2n) is 4.06. The number of nitrogens with zero attached hydrogens (tertiary/aromatic N) is 1. The lowest BCUT2D eigenvalue weighted by Crippen LogP contribution is -1.87. The maximum absolute atomic E-state index is 11.1. The molecule has 0 spiro atoms. The predicted octanol–water partition coefficient (Wildman–Crippen LogP) is 3.71. The van der Waals surface area contributed by atoms with Crippen LogP contribution in [0.25, 0.3) is 22.1 Å². The van der Waals surface area contributed by atoms with Gasteiger partial charge in [-0.2, -0.15) is 0 Å². The lowest BCUT2D eigenvalue weighted by atomic mass is 10.0. The molecule has 0 atom stereocenters. The molecule has 2 aromatic carbocycles. The van der Waals surface area contributed by atoms with Crippen LogP contribution in [-0.4, -0.2) is 10.0 Å². The first-order chi connectivity index (χ1) is 9.18. The molecule has 0 fully saturated rings. The molecule has 1 N–H and O–H groups in total. The van der Waals surface area contributed by atoms with E-state index in [0.717, 1.165) is 0 Å². The van der Waals surface area contributed by atoms with Gasteiger partial charge >= 0.3 is 5.88 Å². The second kappa shape index (κ2) is 4.13. The summed E-state index contributed by atoms with van der Waals surface area (Å²) in [7, 11) is 0. The minimum absolute atomic E-state index is 0.109. The lowest BCUT2D eigenvalue weighted by Gasteiger charge is -1.97. The average molecular weight is 255 g/mol. The molecule has 0 aliphatic carbocycles. The predicted molar refractivity (Wildman–Crippen MR) is 70.0 cm³/mol. The largest absolute Gasteiger partial charge is 0.504 e. The van der Waals surface area contributed by atoms with Crippen LogP contribution in [-0.2, 0) is 0 Å². The Morgan fingerprint density at radius 1 is 1.05 bits per heavy atom. The van der Waals surface area contributed by atoms with Gasteiger partial charge in [0.05, 0.1) is 0 Å². The van der Waals surface area contributed by atoms with Gasteiger partial charge in [0.2, 0.25) is 0 Å². The number of hydrogen-bond acceptors (Lipinski definition) is 4. The summed E-state index contributed by atoms with van der Waals surface area (Å²) in [6.45, 7) is 0. The second-order valence-corrected chi connectivity index (χ2v) is 4.06. The van der Waals surface area contributed by atoms with Crippen LogP contribution in [0.3, 0.4) is 0 Å². The van der Waals surface area contributed by atoms with Gasteiger partial charge in [-0.3, -0.25) is 10.1 Å². The van der Waals surface area contributed by atoms with Crippen molar-refractivity contribution in [3.05, 3.63) is 58.6 Å². The molecule has 19 heavy (non-hydrogen) atoms. The summed E-state index contributed by atoms with van der Waals surface area (Å²) in [6, 6.07) is 13.7. The normalized spacial score (nSPS) is 10.7. The van der Waals surface area contributed by atoms with Crippen LogP contribution in [0.5, 0.6) is 5.75 Å². The van der Waals surface area contributed by atoms with Crippen molar-refractivity contribution < 1.29 is 14.4 Å². The number of hydrogen-bond donors (Lipinski definition) is 1. The van der Waals surface area contributed by atoms with Crippen molar-refractivity contribution in [3.8, 4) is 16.9 Å². The molecular weight excluding hydrogens is 246 g/mol. The zero-order valence-corrected chi connectivity index (χ0v) is 9.74. The van der Waals surface area contributed by atoms with Crippen LogP contribution in [0.15, 0.2) is 52.9 Å². The first kappa shape index (κ1) is 11.3. The van der Waals surface area contributed by atoms with Crippen molar-refractivity contribution >= 4 is 16.9 Å². The van der Waals surface area contributed by atoms with Crippen LogP contribution >= 0.6 is 0 Å². The van der Waals surface area contributed by atoms with Gasteiger partial charge in [0.1, 0.15) is 10.5 Å². The quantitative estimate of drug-likeness (QED) is 0.559. The number of fused-ring (bicyclic) bond motifs is 1. The Bertz CT molecular complexity index is 762.